The molecule has 0 aromatic heterocycles. The number of aliphatic hydroxyl groups is 2. The molecular weight excluding hydrogens is 352 g/mol. The number of hydrogen-bond donors (Lipinski definition) is 2. The summed E-state index contributed by atoms with van der Waals surface area (Å²) in [5, 5.41) is 19.2. The highest BCUT2D eigenvalue weighted by Gasteiger charge is 2.27. The molecule has 1 aliphatic carbocycles. The summed E-state index contributed by atoms with van der Waals surface area (Å²) in [4.78, 5) is 23.2. The summed E-state index contributed by atoms with van der Waals surface area (Å²) in [7, 11) is 0. The monoisotopic (exact) mass is 390 g/mol. The van der Waals surface area contributed by atoms with Gasteiger partial charge < -0.3 is 10.2 Å². The topological polar surface area (TPSA) is 74.6 Å². The van der Waals surface area contributed by atoms with E-state index in [0.717, 1.165) is 25.7 Å². The Hall–Kier alpha value is -1.52. The fourth-order valence-electron chi connectivity index (χ4n) is 3.50. The number of Topliss-reactive ketones (excluding diaryl/α,β-unsaturated/α-hetero) is 1. The number of unbranched alkanes of at least 4 members (excludes halogenated alkanes) is 4. The average Bonchev–Trinajstić information content (AvgIpc) is 3.01. The van der Waals surface area contributed by atoms with Gasteiger partial charge in [-0.3, -0.25) is 9.59 Å². The van der Waals surface area contributed by atoms with Crippen LogP contribution in [0.1, 0.15) is 78.1 Å². The Labute approximate surface area is 170 Å². The SMILES string of the molecule is CCCCCCC(C)(O)C/C=C/[C@H]1C=CC(=O)[C@@H]1C/C=C\CCCC(=O)CO. The largest absolute Gasteiger partial charge is 0.390 e. The second-order valence-electron chi connectivity index (χ2n) is 8.18. The van der Waals surface area contributed by atoms with Crippen LogP contribution in [0.3, 0.4) is 0 Å². The van der Waals surface area contributed by atoms with E-state index < -0.39 is 5.60 Å². The van der Waals surface area contributed by atoms with Crippen molar-refractivity contribution >= 4 is 11.6 Å². The second-order valence-corrected chi connectivity index (χ2v) is 8.18. The van der Waals surface area contributed by atoms with Gasteiger partial charge in [0.1, 0.15) is 6.61 Å². The molecule has 0 saturated heterocycles. The molecule has 158 valence electrons. The molecule has 1 rings (SSSR count). The molecule has 0 aromatic rings. The van der Waals surface area contributed by atoms with Crippen LogP contribution in [0.5, 0.6) is 0 Å². The minimum absolute atomic E-state index is 0.0684. The molecular formula is C24H38O4. The van der Waals surface area contributed by atoms with Crippen molar-refractivity contribution in [1.82, 2.24) is 0 Å². The fourth-order valence-corrected chi connectivity index (χ4v) is 3.50. The zero-order valence-corrected chi connectivity index (χ0v) is 17.6. The highest BCUT2D eigenvalue weighted by Crippen LogP contribution is 2.28. The summed E-state index contributed by atoms with van der Waals surface area (Å²) in [6.07, 6.45) is 20.3. The number of ketones is 2. The fraction of sp³-hybridized carbons (Fsp3) is 0.667. The van der Waals surface area contributed by atoms with E-state index >= 15 is 0 Å². The maximum atomic E-state index is 12.1. The minimum Gasteiger partial charge on any atom is -0.390 e. The van der Waals surface area contributed by atoms with Crippen LogP contribution in [-0.2, 0) is 9.59 Å². The lowest BCUT2D eigenvalue weighted by atomic mass is 9.89. The lowest BCUT2D eigenvalue weighted by Gasteiger charge is -2.22. The first-order valence-electron chi connectivity index (χ1n) is 10.8. The van der Waals surface area contributed by atoms with Crippen LogP contribution in [0.25, 0.3) is 0 Å². The van der Waals surface area contributed by atoms with Gasteiger partial charge in [0, 0.05) is 18.3 Å². The predicted octanol–water partition coefficient (Wildman–Crippen LogP) is 4.70. The van der Waals surface area contributed by atoms with Crippen molar-refractivity contribution in [3.63, 3.8) is 0 Å². The van der Waals surface area contributed by atoms with Gasteiger partial charge in [-0.05, 0) is 45.1 Å². The van der Waals surface area contributed by atoms with Crippen molar-refractivity contribution in [3.05, 3.63) is 36.5 Å². The van der Waals surface area contributed by atoms with Crippen molar-refractivity contribution in [3.8, 4) is 0 Å². The third kappa shape index (κ3) is 10.1. The third-order valence-corrected chi connectivity index (χ3v) is 5.36. The van der Waals surface area contributed by atoms with Crippen LogP contribution in [0.15, 0.2) is 36.5 Å². The van der Waals surface area contributed by atoms with Crippen LogP contribution in [0, 0.1) is 11.8 Å². The highest BCUT2D eigenvalue weighted by molar-refractivity contribution is 5.95. The van der Waals surface area contributed by atoms with E-state index in [0.29, 0.717) is 19.3 Å². The molecule has 1 unspecified atom stereocenters. The minimum atomic E-state index is -0.683. The van der Waals surface area contributed by atoms with Crippen LogP contribution < -0.4 is 0 Å². The van der Waals surface area contributed by atoms with Crippen LogP contribution in [0.2, 0.25) is 0 Å². The molecule has 0 bridgehead atoms. The molecule has 0 spiro atoms. The third-order valence-electron chi connectivity index (χ3n) is 5.36. The zero-order chi connectivity index (χ0) is 20.8. The summed E-state index contributed by atoms with van der Waals surface area (Å²) in [5.74, 6) is 0.0428. The smallest absolute Gasteiger partial charge is 0.159 e. The Balaban J connectivity index is 2.38. The first-order valence-corrected chi connectivity index (χ1v) is 10.8. The van der Waals surface area contributed by atoms with Gasteiger partial charge >= 0.3 is 0 Å². The van der Waals surface area contributed by atoms with Crippen LogP contribution in [-0.4, -0.2) is 34.0 Å². The van der Waals surface area contributed by atoms with Crippen molar-refractivity contribution < 1.29 is 19.8 Å². The Bertz CT molecular complexity index is 557. The van der Waals surface area contributed by atoms with E-state index in [9.17, 15) is 14.7 Å². The first-order chi connectivity index (χ1) is 13.4. The lowest BCUT2D eigenvalue weighted by Crippen LogP contribution is -2.23. The van der Waals surface area contributed by atoms with Crippen LogP contribution >= 0.6 is 0 Å². The number of carbonyl (C=O) groups excluding carboxylic acids is 2. The number of carbonyl (C=O) groups is 2. The molecule has 0 fully saturated rings. The van der Waals surface area contributed by atoms with Crippen molar-refractivity contribution in [2.45, 2.75) is 83.7 Å². The molecule has 4 nitrogen and oxygen atoms in total. The van der Waals surface area contributed by atoms with Gasteiger partial charge in [0.25, 0.3) is 0 Å². The average molecular weight is 391 g/mol. The van der Waals surface area contributed by atoms with Gasteiger partial charge in [0.15, 0.2) is 11.6 Å². The zero-order valence-electron chi connectivity index (χ0n) is 17.6. The van der Waals surface area contributed by atoms with Crippen molar-refractivity contribution in [1.29, 1.82) is 0 Å². The van der Waals surface area contributed by atoms with Gasteiger partial charge in [-0.25, -0.2) is 0 Å². The van der Waals surface area contributed by atoms with E-state index in [1.54, 1.807) is 6.08 Å². The first kappa shape index (κ1) is 24.5. The Morgan fingerprint density at radius 1 is 1.18 bits per heavy atom. The number of allylic oxidation sites excluding steroid dienone is 5. The molecule has 0 radical (unpaired) electrons. The van der Waals surface area contributed by atoms with E-state index in [4.69, 9.17) is 5.11 Å². The van der Waals surface area contributed by atoms with E-state index in [1.807, 2.05) is 31.2 Å². The summed E-state index contributed by atoms with van der Waals surface area (Å²) >= 11 is 0. The standard InChI is InChI=1S/C24H38O4/c1-3-4-5-10-17-24(2,28)18-11-12-20-15-16-23(27)22(20)14-9-7-6-8-13-21(26)19-25/h7,9,11-12,15-16,20,22,25,28H,3-6,8,10,13-14,17-19H2,1-2H3/b9-7-,12-11+/t20-,22+,24?/m0/s1. The van der Waals surface area contributed by atoms with Gasteiger partial charge in [-0.15, -0.1) is 0 Å². The number of hydrogen-bond acceptors (Lipinski definition) is 4. The number of rotatable bonds is 15. The highest BCUT2D eigenvalue weighted by atomic mass is 16.3. The summed E-state index contributed by atoms with van der Waals surface area (Å²) < 4.78 is 0. The Morgan fingerprint density at radius 3 is 2.68 bits per heavy atom. The molecule has 2 N–H and O–H groups in total. The van der Waals surface area contributed by atoms with E-state index in [2.05, 4.69) is 13.0 Å². The van der Waals surface area contributed by atoms with E-state index in [1.165, 1.54) is 19.3 Å². The summed E-state index contributed by atoms with van der Waals surface area (Å²) in [6, 6.07) is 0. The Morgan fingerprint density at radius 2 is 1.96 bits per heavy atom. The Kier molecular flexibility index (Phi) is 11.9. The molecule has 0 saturated carbocycles. The normalized spacial score (nSPS) is 21.8. The molecule has 0 aromatic carbocycles. The molecule has 0 heterocycles. The molecule has 0 aliphatic heterocycles. The molecule has 4 heteroatoms. The van der Waals surface area contributed by atoms with E-state index in [-0.39, 0.29) is 30.0 Å². The summed E-state index contributed by atoms with van der Waals surface area (Å²) in [6.45, 7) is 3.69. The maximum absolute atomic E-state index is 12.1. The maximum Gasteiger partial charge on any atom is 0.159 e. The van der Waals surface area contributed by atoms with Gasteiger partial charge in [-0.1, -0.05) is 63.0 Å². The predicted molar refractivity (Wildman–Crippen MR) is 114 cm³/mol. The second kappa shape index (κ2) is 13.6. The number of aliphatic hydroxyl groups excluding tert-OH is 1. The molecule has 28 heavy (non-hydrogen) atoms. The molecule has 1 aliphatic rings. The summed E-state index contributed by atoms with van der Waals surface area (Å²) in [5.41, 5.74) is -0.683. The van der Waals surface area contributed by atoms with Gasteiger partial charge in [0.05, 0.1) is 5.60 Å². The quantitative estimate of drug-likeness (QED) is 0.314. The molecule has 3 atom stereocenters. The van der Waals surface area contributed by atoms with Crippen molar-refractivity contribution in [2.24, 2.45) is 11.8 Å². The molecule has 0 amide bonds. The lowest BCUT2D eigenvalue weighted by molar-refractivity contribution is -0.121. The van der Waals surface area contributed by atoms with Crippen LogP contribution in [0.4, 0.5) is 0 Å². The van der Waals surface area contributed by atoms with Gasteiger partial charge in [-0.2, -0.15) is 0 Å². The van der Waals surface area contributed by atoms with Crippen molar-refractivity contribution in [2.75, 3.05) is 6.61 Å². The van der Waals surface area contributed by atoms with Gasteiger partial charge in [0.2, 0.25) is 0 Å².